The summed E-state index contributed by atoms with van der Waals surface area (Å²) >= 11 is 0. The summed E-state index contributed by atoms with van der Waals surface area (Å²) in [6.07, 6.45) is 2.70. The number of carbonyl (C=O) groups is 1. The van der Waals surface area contributed by atoms with Gasteiger partial charge in [-0.1, -0.05) is 49.4 Å². The van der Waals surface area contributed by atoms with Crippen LogP contribution >= 0.6 is 0 Å². The molecule has 0 radical (unpaired) electrons. The van der Waals surface area contributed by atoms with Crippen molar-refractivity contribution in [2.24, 2.45) is 0 Å². The summed E-state index contributed by atoms with van der Waals surface area (Å²) in [6, 6.07) is 18.2. The second-order valence-corrected chi connectivity index (χ2v) is 4.87. The van der Waals surface area contributed by atoms with Crippen LogP contribution in [0.1, 0.15) is 35.7 Å². The molecule has 20 heavy (non-hydrogen) atoms. The fourth-order valence-electron chi connectivity index (χ4n) is 2.18. The molecule has 2 nitrogen and oxygen atoms in total. The number of hydrogen-bond donors (Lipinski definition) is 1. The van der Waals surface area contributed by atoms with Crippen molar-refractivity contribution in [3.8, 4) is 0 Å². The number of benzene rings is 2. The first-order valence-electron chi connectivity index (χ1n) is 7.20. The van der Waals surface area contributed by atoms with E-state index in [1.165, 1.54) is 5.56 Å². The molecule has 0 aromatic heterocycles. The Hall–Kier alpha value is -2.09. The van der Waals surface area contributed by atoms with E-state index in [1.807, 2.05) is 37.3 Å². The van der Waals surface area contributed by atoms with Crippen LogP contribution in [0.25, 0.3) is 0 Å². The van der Waals surface area contributed by atoms with E-state index in [4.69, 9.17) is 0 Å². The van der Waals surface area contributed by atoms with Crippen LogP contribution in [0.4, 0.5) is 5.69 Å². The predicted octanol–water partition coefficient (Wildman–Crippen LogP) is 4.32. The highest BCUT2D eigenvalue weighted by molar-refractivity contribution is 5.96. The van der Waals surface area contributed by atoms with Gasteiger partial charge in [-0.15, -0.1) is 0 Å². The van der Waals surface area contributed by atoms with Gasteiger partial charge in [-0.05, 0) is 30.5 Å². The zero-order valence-electron chi connectivity index (χ0n) is 11.9. The number of ketones is 1. The van der Waals surface area contributed by atoms with E-state index in [-0.39, 0.29) is 5.78 Å². The van der Waals surface area contributed by atoms with Crippen molar-refractivity contribution in [2.75, 3.05) is 11.9 Å². The lowest BCUT2D eigenvalue weighted by Gasteiger charge is -2.08. The van der Waals surface area contributed by atoms with E-state index in [0.29, 0.717) is 6.42 Å². The Labute approximate surface area is 120 Å². The van der Waals surface area contributed by atoms with Crippen LogP contribution in [-0.2, 0) is 6.42 Å². The van der Waals surface area contributed by atoms with E-state index >= 15 is 0 Å². The fourth-order valence-corrected chi connectivity index (χ4v) is 2.18. The molecular formula is C18H21NO. The lowest BCUT2D eigenvalue weighted by molar-refractivity contribution is 0.0988. The summed E-state index contributed by atoms with van der Waals surface area (Å²) in [6.45, 7) is 2.81. The van der Waals surface area contributed by atoms with Gasteiger partial charge in [0.25, 0.3) is 0 Å². The van der Waals surface area contributed by atoms with Crippen LogP contribution in [-0.4, -0.2) is 12.3 Å². The first-order chi connectivity index (χ1) is 9.79. The Bertz CT molecular complexity index is 548. The standard InChI is InChI=1S/C18H21NO/c1-2-18(20)16-11-6-12-17(14-16)19-13-7-10-15-8-4-3-5-9-15/h3-6,8-9,11-12,14,19H,2,7,10,13H2,1H3. The number of aryl methyl sites for hydroxylation is 1. The molecule has 2 aromatic carbocycles. The number of hydrogen-bond acceptors (Lipinski definition) is 2. The number of carbonyl (C=O) groups excluding carboxylic acids is 1. The first-order valence-corrected chi connectivity index (χ1v) is 7.20. The van der Waals surface area contributed by atoms with E-state index < -0.39 is 0 Å². The largest absolute Gasteiger partial charge is 0.385 e. The second-order valence-electron chi connectivity index (χ2n) is 4.87. The third-order valence-electron chi connectivity index (χ3n) is 3.32. The molecule has 0 spiro atoms. The highest BCUT2D eigenvalue weighted by Crippen LogP contribution is 2.12. The molecule has 0 bridgehead atoms. The molecule has 2 rings (SSSR count). The van der Waals surface area contributed by atoms with Gasteiger partial charge in [0.1, 0.15) is 0 Å². The Kier molecular flexibility index (Phi) is 5.36. The van der Waals surface area contributed by atoms with Crippen molar-refractivity contribution in [1.29, 1.82) is 0 Å². The van der Waals surface area contributed by atoms with Crippen LogP contribution in [0.2, 0.25) is 0 Å². The SMILES string of the molecule is CCC(=O)c1cccc(NCCCc2ccccc2)c1. The third-order valence-corrected chi connectivity index (χ3v) is 3.32. The summed E-state index contributed by atoms with van der Waals surface area (Å²) in [7, 11) is 0. The quantitative estimate of drug-likeness (QED) is 0.598. The van der Waals surface area contributed by atoms with E-state index in [1.54, 1.807) is 0 Å². The molecule has 0 saturated heterocycles. The molecule has 0 fully saturated rings. The summed E-state index contributed by atoms with van der Waals surface area (Å²) in [5.41, 5.74) is 3.18. The first kappa shape index (κ1) is 14.3. The van der Waals surface area contributed by atoms with Crippen LogP contribution in [0.3, 0.4) is 0 Å². The number of nitrogens with one attached hydrogen (secondary N) is 1. The predicted molar refractivity (Wildman–Crippen MR) is 84.3 cm³/mol. The van der Waals surface area contributed by atoms with Gasteiger partial charge in [0.05, 0.1) is 0 Å². The molecule has 0 aliphatic rings. The maximum Gasteiger partial charge on any atom is 0.162 e. The summed E-state index contributed by atoms with van der Waals surface area (Å²) in [5, 5.41) is 3.38. The highest BCUT2D eigenvalue weighted by Gasteiger charge is 2.03. The third kappa shape index (κ3) is 4.23. The molecule has 2 heteroatoms. The molecular weight excluding hydrogens is 246 g/mol. The van der Waals surface area contributed by atoms with Crippen molar-refractivity contribution >= 4 is 11.5 Å². The van der Waals surface area contributed by atoms with Crippen LogP contribution in [0, 0.1) is 0 Å². The van der Waals surface area contributed by atoms with Gasteiger partial charge in [0.2, 0.25) is 0 Å². The smallest absolute Gasteiger partial charge is 0.162 e. The molecule has 0 saturated carbocycles. The topological polar surface area (TPSA) is 29.1 Å². The molecule has 1 N–H and O–H groups in total. The molecule has 0 aliphatic carbocycles. The minimum absolute atomic E-state index is 0.193. The average Bonchev–Trinajstić information content (AvgIpc) is 2.52. The summed E-state index contributed by atoms with van der Waals surface area (Å²) in [4.78, 5) is 11.7. The molecule has 0 atom stereocenters. The van der Waals surface area contributed by atoms with Crippen LogP contribution in [0.5, 0.6) is 0 Å². The van der Waals surface area contributed by atoms with Crippen molar-refractivity contribution < 1.29 is 4.79 Å². The van der Waals surface area contributed by atoms with Crippen molar-refractivity contribution in [3.63, 3.8) is 0 Å². The van der Waals surface area contributed by atoms with Gasteiger partial charge < -0.3 is 5.32 Å². The number of Topliss-reactive ketones (excluding diaryl/α,β-unsaturated/α-hetero) is 1. The normalized spacial score (nSPS) is 10.2. The lowest BCUT2D eigenvalue weighted by Crippen LogP contribution is -2.04. The maximum absolute atomic E-state index is 11.7. The molecule has 0 aliphatic heterocycles. The van der Waals surface area contributed by atoms with Crippen molar-refractivity contribution in [2.45, 2.75) is 26.2 Å². The van der Waals surface area contributed by atoms with E-state index in [0.717, 1.165) is 30.6 Å². The zero-order chi connectivity index (χ0) is 14.2. The van der Waals surface area contributed by atoms with Gasteiger partial charge in [-0.3, -0.25) is 4.79 Å². The zero-order valence-corrected chi connectivity index (χ0v) is 11.9. The average molecular weight is 267 g/mol. The minimum atomic E-state index is 0.193. The molecule has 0 unspecified atom stereocenters. The Morgan fingerprint density at radius 1 is 1.05 bits per heavy atom. The molecule has 0 heterocycles. The van der Waals surface area contributed by atoms with Gasteiger partial charge >= 0.3 is 0 Å². The van der Waals surface area contributed by atoms with Crippen molar-refractivity contribution in [1.82, 2.24) is 0 Å². The van der Waals surface area contributed by atoms with Crippen LogP contribution < -0.4 is 5.32 Å². The summed E-state index contributed by atoms with van der Waals surface area (Å²) < 4.78 is 0. The number of rotatable bonds is 7. The van der Waals surface area contributed by atoms with Crippen LogP contribution in [0.15, 0.2) is 54.6 Å². The second kappa shape index (κ2) is 7.49. The molecule has 104 valence electrons. The van der Waals surface area contributed by atoms with Gasteiger partial charge in [0.15, 0.2) is 5.78 Å². The Morgan fingerprint density at radius 3 is 2.60 bits per heavy atom. The number of anilines is 1. The van der Waals surface area contributed by atoms with E-state index in [2.05, 4.69) is 29.6 Å². The van der Waals surface area contributed by atoms with Gasteiger partial charge in [-0.25, -0.2) is 0 Å². The highest BCUT2D eigenvalue weighted by atomic mass is 16.1. The fraction of sp³-hybridized carbons (Fsp3) is 0.278. The van der Waals surface area contributed by atoms with Gasteiger partial charge in [0, 0.05) is 24.2 Å². The van der Waals surface area contributed by atoms with Crippen molar-refractivity contribution in [3.05, 3.63) is 65.7 Å². The maximum atomic E-state index is 11.7. The Balaban J connectivity index is 1.81. The Morgan fingerprint density at radius 2 is 1.85 bits per heavy atom. The van der Waals surface area contributed by atoms with Gasteiger partial charge in [-0.2, -0.15) is 0 Å². The van der Waals surface area contributed by atoms with E-state index in [9.17, 15) is 4.79 Å². The minimum Gasteiger partial charge on any atom is -0.385 e. The summed E-state index contributed by atoms with van der Waals surface area (Å²) in [5.74, 6) is 0.193. The monoisotopic (exact) mass is 267 g/mol. The lowest BCUT2D eigenvalue weighted by atomic mass is 10.1. The molecule has 0 amide bonds. The molecule has 2 aromatic rings.